The Morgan fingerprint density at radius 1 is 1.40 bits per heavy atom. The molecule has 0 aromatic carbocycles. The average Bonchev–Trinajstić information content (AvgIpc) is 2.38. The molecular weight excluding hydrogens is 300 g/mol. The molecule has 1 fully saturated rings. The molecule has 0 saturated heterocycles. The van der Waals surface area contributed by atoms with Crippen LogP contribution in [0.2, 0.25) is 5.28 Å². The highest BCUT2D eigenvalue weighted by atomic mass is 35.5. The summed E-state index contributed by atoms with van der Waals surface area (Å²) in [5.41, 5.74) is 0.203. The Balaban J connectivity index is 2.30. The monoisotopic (exact) mass is 316 g/mol. The zero-order valence-electron chi connectivity index (χ0n) is 11.4. The Kier molecular flexibility index (Phi) is 5.04. The topological polar surface area (TPSA) is 81.0 Å². The Morgan fingerprint density at radius 3 is 2.75 bits per heavy atom. The van der Waals surface area contributed by atoms with Crippen molar-refractivity contribution < 1.29 is 4.92 Å². The summed E-state index contributed by atoms with van der Waals surface area (Å²) in [7, 11) is 0. The summed E-state index contributed by atoms with van der Waals surface area (Å²) in [5, 5.41) is 14.9. The highest BCUT2D eigenvalue weighted by molar-refractivity contribution is 7.99. The van der Waals surface area contributed by atoms with Gasteiger partial charge in [0.25, 0.3) is 0 Å². The lowest BCUT2D eigenvalue weighted by Crippen LogP contribution is -2.34. The van der Waals surface area contributed by atoms with E-state index in [1.165, 1.54) is 6.42 Å². The summed E-state index contributed by atoms with van der Waals surface area (Å²) in [6, 6.07) is 0.183. The SMILES string of the molecule is CSC1CCCCC1Nc1nc(Cl)nc(C)c1[N+](=O)[O-]. The van der Waals surface area contributed by atoms with Crippen molar-refractivity contribution in [2.75, 3.05) is 11.6 Å². The van der Waals surface area contributed by atoms with E-state index in [0.29, 0.717) is 5.25 Å². The third-order valence-electron chi connectivity index (χ3n) is 3.54. The van der Waals surface area contributed by atoms with Gasteiger partial charge in [0.05, 0.1) is 4.92 Å². The number of nitro groups is 1. The minimum atomic E-state index is -0.453. The maximum Gasteiger partial charge on any atom is 0.332 e. The molecule has 0 aliphatic heterocycles. The fraction of sp³-hybridized carbons (Fsp3) is 0.667. The first-order valence-electron chi connectivity index (χ1n) is 6.50. The molecule has 1 heterocycles. The third kappa shape index (κ3) is 3.32. The molecule has 0 radical (unpaired) electrons. The lowest BCUT2D eigenvalue weighted by molar-refractivity contribution is -0.385. The summed E-state index contributed by atoms with van der Waals surface area (Å²) < 4.78 is 0. The molecule has 1 aliphatic carbocycles. The van der Waals surface area contributed by atoms with E-state index in [4.69, 9.17) is 11.6 Å². The van der Waals surface area contributed by atoms with Crippen LogP contribution in [-0.2, 0) is 0 Å². The molecule has 6 nitrogen and oxygen atoms in total. The number of thioether (sulfide) groups is 1. The van der Waals surface area contributed by atoms with Gasteiger partial charge in [-0.05, 0) is 37.6 Å². The second-order valence-electron chi connectivity index (χ2n) is 4.84. The van der Waals surface area contributed by atoms with Crippen LogP contribution in [0.3, 0.4) is 0 Å². The van der Waals surface area contributed by atoms with Gasteiger partial charge in [0.2, 0.25) is 11.1 Å². The maximum absolute atomic E-state index is 11.2. The predicted molar refractivity (Wildman–Crippen MR) is 81.6 cm³/mol. The van der Waals surface area contributed by atoms with Gasteiger partial charge in [0.1, 0.15) is 5.69 Å². The predicted octanol–water partition coefficient (Wildman–Crippen LogP) is 3.43. The van der Waals surface area contributed by atoms with Crippen molar-refractivity contribution in [3.8, 4) is 0 Å². The number of aryl methyl sites for hydroxylation is 1. The molecule has 1 aromatic rings. The molecule has 0 bridgehead atoms. The molecule has 2 atom stereocenters. The van der Waals surface area contributed by atoms with Gasteiger partial charge >= 0.3 is 5.69 Å². The zero-order chi connectivity index (χ0) is 14.7. The van der Waals surface area contributed by atoms with Crippen LogP contribution < -0.4 is 5.32 Å². The fourth-order valence-corrected chi connectivity index (χ4v) is 3.72. The molecule has 1 aliphatic rings. The molecule has 110 valence electrons. The van der Waals surface area contributed by atoms with Gasteiger partial charge in [-0.15, -0.1) is 0 Å². The van der Waals surface area contributed by atoms with Gasteiger partial charge in [0, 0.05) is 11.3 Å². The zero-order valence-corrected chi connectivity index (χ0v) is 13.0. The van der Waals surface area contributed by atoms with Gasteiger partial charge in [-0.1, -0.05) is 12.8 Å². The Labute approximate surface area is 126 Å². The largest absolute Gasteiger partial charge is 0.360 e. The second-order valence-corrected chi connectivity index (χ2v) is 6.26. The summed E-state index contributed by atoms with van der Waals surface area (Å²) >= 11 is 7.61. The normalized spacial score (nSPS) is 22.6. The van der Waals surface area contributed by atoms with Gasteiger partial charge in [-0.3, -0.25) is 10.1 Å². The van der Waals surface area contributed by atoms with Gasteiger partial charge in [-0.2, -0.15) is 16.7 Å². The van der Waals surface area contributed by atoms with Crippen LogP contribution in [0.25, 0.3) is 0 Å². The van der Waals surface area contributed by atoms with E-state index in [-0.39, 0.29) is 28.5 Å². The molecular formula is C12H17ClN4O2S. The van der Waals surface area contributed by atoms with Crippen molar-refractivity contribution in [2.45, 2.75) is 43.9 Å². The molecule has 1 saturated carbocycles. The average molecular weight is 317 g/mol. The standard InChI is InChI=1S/C12H17ClN4O2S/c1-7-10(17(18)19)11(16-12(13)14-7)15-8-5-3-4-6-9(8)20-2/h8-9H,3-6H2,1-2H3,(H,14,15,16). The van der Waals surface area contributed by atoms with Crippen LogP contribution in [0.5, 0.6) is 0 Å². The third-order valence-corrected chi connectivity index (χ3v) is 4.88. The minimum Gasteiger partial charge on any atom is -0.360 e. The van der Waals surface area contributed by atoms with E-state index in [1.54, 1.807) is 18.7 Å². The summed E-state index contributed by atoms with van der Waals surface area (Å²) in [5.74, 6) is 0.235. The van der Waals surface area contributed by atoms with E-state index in [1.807, 2.05) is 0 Å². The fourth-order valence-electron chi connectivity index (χ4n) is 2.57. The smallest absolute Gasteiger partial charge is 0.332 e. The number of nitrogens with one attached hydrogen (secondary N) is 1. The van der Waals surface area contributed by atoms with Crippen LogP contribution in [0, 0.1) is 17.0 Å². The van der Waals surface area contributed by atoms with Crippen LogP contribution in [0.15, 0.2) is 0 Å². The van der Waals surface area contributed by atoms with Crippen LogP contribution in [0.4, 0.5) is 11.5 Å². The number of aromatic nitrogens is 2. The Hall–Kier alpha value is -1.08. The number of halogens is 1. The molecule has 8 heteroatoms. The van der Waals surface area contributed by atoms with E-state index in [2.05, 4.69) is 21.5 Å². The van der Waals surface area contributed by atoms with E-state index < -0.39 is 4.92 Å². The van der Waals surface area contributed by atoms with Crippen LogP contribution in [0.1, 0.15) is 31.4 Å². The van der Waals surface area contributed by atoms with Gasteiger partial charge < -0.3 is 5.32 Å². The number of anilines is 1. The summed E-state index contributed by atoms with van der Waals surface area (Å²) in [6.07, 6.45) is 6.50. The molecule has 0 spiro atoms. The molecule has 1 aromatic heterocycles. The Morgan fingerprint density at radius 2 is 2.10 bits per heavy atom. The maximum atomic E-state index is 11.2. The van der Waals surface area contributed by atoms with Crippen LogP contribution in [-0.4, -0.2) is 32.4 Å². The lowest BCUT2D eigenvalue weighted by atomic mass is 9.95. The lowest BCUT2D eigenvalue weighted by Gasteiger charge is -2.31. The van der Waals surface area contributed by atoms with Gasteiger partial charge in [-0.25, -0.2) is 4.98 Å². The number of rotatable bonds is 4. The van der Waals surface area contributed by atoms with Crippen molar-refractivity contribution >= 4 is 34.9 Å². The first kappa shape index (κ1) is 15.3. The summed E-state index contributed by atoms with van der Waals surface area (Å²) in [4.78, 5) is 18.6. The minimum absolute atomic E-state index is 0.0344. The first-order chi connectivity index (χ1) is 9.52. The Bertz CT molecular complexity index is 514. The van der Waals surface area contributed by atoms with Gasteiger partial charge in [0.15, 0.2) is 0 Å². The molecule has 0 amide bonds. The summed E-state index contributed by atoms with van der Waals surface area (Å²) in [6.45, 7) is 1.57. The first-order valence-corrected chi connectivity index (χ1v) is 8.17. The number of hydrogen-bond acceptors (Lipinski definition) is 6. The van der Waals surface area contributed by atoms with E-state index in [9.17, 15) is 10.1 Å². The van der Waals surface area contributed by atoms with E-state index in [0.717, 1.165) is 19.3 Å². The molecule has 2 unspecified atom stereocenters. The highest BCUT2D eigenvalue weighted by Gasteiger charge is 2.29. The highest BCUT2D eigenvalue weighted by Crippen LogP contribution is 2.33. The number of nitrogens with zero attached hydrogens (tertiary/aromatic N) is 3. The van der Waals surface area contributed by atoms with Crippen molar-refractivity contribution in [3.63, 3.8) is 0 Å². The van der Waals surface area contributed by atoms with Crippen molar-refractivity contribution in [2.24, 2.45) is 0 Å². The van der Waals surface area contributed by atoms with Crippen molar-refractivity contribution in [1.82, 2.24) is 9.97 Å². The second kappa shape index (κ2) is 6.58. The van der Waals surface area contributed by atoms with E-state index >= 15 is 0 Å². The van der Waals surface area contributed by atoms with Crippen molar-refractivity contribution in [1.29, 1.82) is 0 Å². The molecule has 2 rings (SSSR count). The number of hydrogen-bond donors (Lipinski definition) is 1. The molecule has 1 N–H and O–H groups in total. The van der Waals surface area contributed by atoms with Crippen molar-refractivity contribution in [3.05, 3.63) is 21.1 Å². The van der Waals surface area contributed by atoms with Crippen LogP contribution >= 0.6 is 23.4 Å². The quantitative estimate of drug-likeness (QED) is 0.520. The molecule has 20 heavy (non-hydrogen) atoms.